The molecule has 2 aliphatic heterocycles. The van der Waals surface area contributed by atoms with Crippen molar-refractivity contribution in [3.05, 3.63) is 53.6 Å². The van der Waals surface area contributed by atoms with Gasteiger partial charge in [-0.2, -0.15) is 0 Å². The molecule has 1 N–H and O–H groups in total. The maximum atomic E-state index is 13.4. The second kappa shape index (κ2) is 10.1. The van der Waals surface area contributed by atoms with Crippen LogP contribution in [0, 0.1) is 0 Å². The van der Waals surface area contributed by atoms with Crippen LogP contribution >= 0.6 is 11.6 Å². The molecule has 0 bridgehead atoms. The number of nitrogens with one attached hydrogen (secondary N) is 1. The highest BCUT2D eigenvalue weighted by atomic mass is 35.5. The minimum atomic E-state index is -3.89. The van der Waals surface area contributed by atoms with E-state index in [-0.39, 0.29) is 17.3 Å². The van der Waals surface area contributed by atoms with Gasteiger partial charge in [0.1, 0.15) is 5.75 Å². The average Bonchev–Trinajstić information content (AvgIpc) is 3.07. The largest absolute Gasteiger partial charge is 0.476 e. The first-order chi connectivity index (χ1) is 15.4. The normalized spacial score (nSPS) is 19.5. The Morgan fingerprint density at radius 1 is 1.03 bits per heavy atom. The number of carbonyl (C=O) groups excluding carboxylic acids is 1. The number of hydrogen-bond donors (Lipinski definition) is 1. The standard InChI is InChI=1S/C23H28ClN3O4S/c24-18-9-11-19(12-10-18)32(29,30)27-17-22(31-21-8-4-3-7-20(21)27)23(28)25-13-16-26-14-5-1-2-6-15-26/h3-4,7-12,22H,1-2,5-6,13-17H2,(H,25,28)/t22-/m1/s1. The Kier molecular flexibility index (Phi) is 7.23. The van der Waals surface area contributed by atoms with Gasteiger partial charge in [-0.25, -0.2) is 8.42 Å². The minimum absolute atomic E-state index is 0.0997. The molecule has 7 nitrogen and oxygen atoms in total. The van der Waals surface area contributed by atoms with Crippen LogP contribution in [0.25, 0.3) is 0 Å². The Hall–Kier alpha value is -2.29. The summed E-state index contributed by atoms with van der Waals surface area (Å²) in [6.45, 7) is 3.29. The number of hydrogen-bond acceptors (Lipinski definition) is 5. The molecule has 172 valence electrons. The highest BCUT2D eigenvalue weighted by Gasteiger charge is 2.37. The fourth-order valence-corrected chi connectivity index (χ4v) is 5.71. The molecule has 1 saturated heterocycles. The summed E-state index contributed by atoms with van der Waals surface area (Å²) < 4.78 is 33.9. The van der Waals surface area contributed by atoms with Gasteiger partial charge < -0.3 is 15.0 Å². The number of ether oxygens (including phenoxy) is 1. The molecule has 2 aromatic carbocycles. The van der Waals surface area contributed by atoms with E-state index in [0.717, 1.165) is 19.6 Å². The molecule has 4 rings (SSSR count). The van der Waals surface area contributed by atoms with Crippen LogP contribution in [0.4, 0.5) is 5.69 Å². The van der Waals surface area contributed by atoms with Gasteiger partial charge in [-0.15, -0.1) is 0 Å². The van der Waals surface area contributed by atoms with E-state index in [9.17, 15) is 13.2 Å². The zero-order chi connectivity index (χ0) is 22.6. The molecule has 1 amide bonds. The van der Waals surface area contributed by atoms with Crippen molar-refractivity contribution in [1.29, 1.82) is 0 Å². The van der Waals surface area contributed by atoms with Gasteiger partial charge in [-0.05, 0) is 62.3 Å². The Morgan fingerprint density at radius 2 is 1.72 bits per heavy atom. The molecule has 32 heavy (non-hydrogen) atoms. The molecule has 2 heterocycles. The lowest BCUT2D eigenvalue weighted by molar-refractivity contribution is -0.127. The number of halogens is 1. The second-order valence-electron chi connectivity index (χ2n) is 8.11. The van der Waals surface area contributed by atoms with E-state index in [4.69, 9.17) is 16.3 Å². The number of para-hydroxylation sites is 2. The van der Waals surface area contributed by atoms with Crippen LogP contribution in [0.3, 0.4) is 0 Å². The molecule has 0 aliphatic carbocycles. The van der Waals surface area contributed by atoms with E-state index in [0.29, 0.717) is 23.0 Å². The van der Waals surface area contributed by atoms with Crippen LogP contribution in [0.15, 0.2) is 53.4 Å². The van der Waals surface area contributed by atoms with Gasteiger partial charge in [0.25, 0.3) is 15.9 Å². The first-order valence-corrected chi connectivity index (χ1v) is 12.8. The van der Waals surface area contributed by atoms with Crippen molar-refractivity contribution in [3.63, 3.8) is 0 Å². The number of likely N-dealkylation sites (tertiary alicyclic amines) is 1. The molecule has 0 saturated carbocycles. The maximum absolute atomic E-state index is 13.4. The fourth-order valence-electron chi connectivity index (χ4n) is 4.11. The van der Waals surface area contributed by atoms with Gasteiger partial charge in [-0.1, -0.05) is 36.6 Å². The van der Waals surface area contributed by atoms with Crippen LogP contribution in [0.2, 0.25) is 5.02 Å². The molecule has 2 aromatic rings. The van der Waals surface area contributed by atoms with Crippen molar-refractivity contribution in [2.45, 2.75) is 36.7 Å². The molecular formula is C23H28ClN3O4S. The van der Waals surface area contributed by atoms with Gasteiger partial charge in [0.05, 0.1) is 17.1 Å². The Labute approximate surface area is 194 Å². The lowest BCUT2D eigenvalue weighted by Crippen LogP contribution is -2.51. The number of anilines is 1. The van der Waals surface area contributed by atoms with E-state index < -0.39 is 16.1 Å². The highest BCUT2D eigenvalue weighted by molar-refractivity contribution is 7.92. The minimum Gasteiger partial charge on any atom is -0.476 e. The van der Waals surface area contributed by atoms with Gasteiger partial charge in [-0.3, -0.25) is 9.10 Å². The van der Waals surface area contributed by atoms with E-state index >= 15 is 0 Å². The maximum Gasteiger partial charge on any atom is 0.264 e. The molecule has 1 fully saturated rings. The molecular weight excluding hydrogens is 450 g/mol. The number of nitrogens with zero attached hydrogens (tertiary/aromatic N) is 2. The lowest BCUT2D eigenvalue weighted by Gasteiger charge is -2.34. The lowest BCUT2D eigenvalue weighted by atomic mass is 10.2. The molecule has 2 aliphatic rings. The van der Waals surface area contributed by atoms with Gasteiger partial charge in [0.15, 0.2) is 6.10 Å². The van der Waals surface area contributed by atoms with Crippen molar-refractivity contribution < 1.29 is 17.9 Å². The van der Waals surface area contributed by atoms with E-state index in [1.165, 1.54) is 54.3 Å². The van der Waals surface area contributed by atoms with Crippen LogP contribution in [-0.2, 0) is 14.8 Å². The smallest absolute Gasteiger partial charge is 0.264 e. The summed E-state index contributed by atoms with van der Waals surface area (Å²) in [5.74, 6) is 0.0505. The number of fused-ring (bicyclic) bond motifs is 1. The van der Waals surface area contributed by atoms with E-state index in [1.807, 2.05) is 0 Å². The third-order valence-corrected chi connectivity index (χ3v) is 7.90. The monoisotopic (exact) mass is 477 g/mol. The number of sulfonamides is 1. The van der Waals surface area contributed by atoms with Gasteiger partial charge in [0, 0.05) is 18.1 Å². The Morgan fingerprint density at radius 3 is 2.44 bits per heavy atom. The first-order valence-electron chi connectivity index (χ1n) is 11.0. The average molecular weight is 478 g/mol. The number of benzene rings is 2. The predicted molar refractivity (Wildman–Crippen MR) is 125 cm³/mol. The van der Waals surface area contributed by atoms with Crippen molar-refractivity contribution >= 4 is 33.2 Å². The molecule has 0 unspecified atom stereocenters. The molecule has 0 spiro atoms. The van der Waals surface area contributed by atoms with Gasteiger partial charge in [0.2, 0.25) is 0 Å². The van der Waals surface area contributed by atoms with Crippen molar-refractivity contribution in [1.82, 2.24) is 10.2 Å². The molecule has 0 radical (unpaired) electrons. The fraction of sp³-hybridized carbons (Fsp3) is 0.435. The quantitative estimate of drug-likeness (QED) is 0.690. The molecule has 1 atom stereocenters. The van der Waals surface area contributed by atoms with Crippen LogP contribution in [0.1, 0.15) is 25.7 Å². The van der Waals surface area contributed by atoms with Crippen LogP contribution in [-0.4, -0.2) is 58.1 Å². The van der Waals surface area contributed by atoms with Crippen LogP contribution < -0.4 is 14.4 Å². The van der Waals surface area contributed by atoms with E-state index in [2.05, 4.69) is 10.2 Å². The first kappa shape index (κ1) is 22.9. The summed E-state index contributed by atoms with van der Waals surface area (Å²) in [5, 5.41) is 3.38. The summed E-state index contributed by atoms with van der Waals surface area (Å²) in [5.41, 5.74) is 0.413. The SMILES string of the molecule is O=C(NCCN1CCCCCC1)[C@H]1CN(S(=O)(=O)c2ccc(Cl)cc2)c2ccccc2O1. The van der Waals surface area contributed by atoms with Crippen molar-refractivity contribution in [2.24, 2.45) is 0 Å². The Bertz CT molecular complexity index is 1040. The van der Waals surface area contributed by atoms with Crippen molar-refractivity contribution in [2.75, 3.05) is 37.0 Å². The number of carbonyl (C=O) groups is 1. The third-order valence-electron chi connectivity index (χ3n) is 5.85. The molecule has 9 heteroatoms. The summed E-state index contributed by atoms with van der Waals surface area (Å²) in [6.07, 6.45) is 3.96. The third kappa shape index (κ3) is 5.19. The van der Waals surface area contributed by atoms with Crippen molar-refractivity contribution in [3.8, 4) is 5.75 Å². The summed E-state index contributed by atoms with van der Waals surface area (Å²) in [7, 11) is -3.89. The van der Waals surface area contributed by atoms with Crippen LogP contribution in [0.5, 0.6) is 5.75 Å². The number of amides is 1. The second-order valence-corrected chi connectivity index (χ2v) is 10.4. The van der Waals surface area contributed by atoms with E-state index in [1.54, 1.807) is 24.3 Å². The highest BCUT2D eigenvalue weighted by Crippen LogP contribution is 2.36. The predicted octanol–water partition coefficient (Wildman–Crippen LogP) is 3.29. The Balaban J connectivity index is 1.48. The van der Waals surface area contributed by atoms with Gasteiger partial charge >= 0.3 is 0 Å². The summed E-state index contributed by atoms with van der Waals surface area (Å²) in [6, 6.07) is 12.9. The zero-order valence-electron chi connectivity index (χ0n) is 17.9. The molecule has 0 aromatic heterocycles. The summed E-state index contributed by atoms with van der Waals surface area (Å²) >= 11 is 5.92. The zero-order valence-corrected chi connectivity index (χ0v) is 19.4. The topological polar surface area (TPSA) is 79.0 Å². The number of rotatable bonds is 6. The summed E-state index contributed by atoms with van der Waals surface area (Å²) in [4.78, 5) is 15.4.